The molecule has 1 N–H and O–H groups in total. The lowest BCUT2D eigenvalue weighted by Crippen LogP contribution is -2.35. The molecule has 0 heterocycles. The number of benzene rings is 1. The number of halogens is 3. The molecule has 2 unspecified atom stereocenters. The fourth-order valence-electron chi connectivity index (χ4n) is 2.34. The van der Waals surface area contributed by atoms with Crippen molar-refractivity contribution in [2.24, 2.45) is 5.41 Å². The number of aliphatic hydroxyl groups is 1. The average molecular weight is 304 g/mol. The first-order chi connectivity index (χ1) is 9.48. The molecule has 0 amide bonds. The second kappa shape index (κ2) is 6.36. The van der Waals surface area contributed by atoms with Crippen molar-refractivity contribution in [1.29, 1.82) is 0 Å². The Balaban J connectivity index is 3.15. The molecule has 1 aromatic rings. The zero-order valence-electron chi connectivity index (χ0n) is 13.1. The molecule has 1 aromatic carbocycles. The molecule has 0 saturated carbocycles. The second-order valence-corrected chi connectivity index (χ2v) is 6.26. The Bertz CT molecular complexity index is 475. The lowest BCUT2D eigenvalue weighted by molar-refractivity contribution is -0.137. The summed E-state index contributed by atoms with van der Waals surface area (Å²) in [4.78, 5) is 0. The van der Waals surface area contributed by atoms with Crippen LogP contribution in [0.5, 0.6) is 0 Å². The molecule has 0 aliphatic carbocycles. The van der Waals surface area contributed by atoms with Gasteiger partial charge in [-0.15, -0.1) is 0 Å². The van der Waals surface area contributed by atoms with Crippen LogP contribution in [-0.2, 0) is 10.9 Å². The zero-order chi connectivity index (χ0) is 16.4. The van der Waals surface area contributed by atoms with E-state index in [0.29, 0.717) is 17.7 Å². The van der Waals surface area contributed by atoms with Gasteiger partial charge in [-0.1, -0.05) is 26.8 Å². The molecule has 21 heavy (non-hydrogen) atoms. The summed E-state index contributed by atoms with van der Waals surface area (Å²) < 4.78 is 43.6. The van der Waals surface area contributed by atoms with Crippen LogP contribution in [0.1, 0.15) is 50.5 Å². The largest absolute Gasteiger partial charge is 0.416 e. The van der Waals surface area contributed by atoms with Crippen LogP contribution in [0.4, 0.5) is 13.2 Å². The predicted molar refractivity (Wildman–Crippen MR) is 76.0 cm³/mol. The van der Waals surface area contributed by atoms with Gasteiger partial charge in [0.15, 0.2) is 0 Å². The highest BCUT2D eigenvalue weighted by Crippen LogP contribution is 2.36. The van der Waals surface area contributed by atoms with Crippen molar-refractivity contribution < 1.29 is 23.0 Å². The number of hydrogen-bond donors (Lipinski definition) is 1. The van der Waals surface area contributed by atoms with Crippen LogP contribution in [0.2, 0.25) is 0 Å². The summed E-state index contributed by atoms with van der Waals surface area (Å²) in [7, 11) is 0. The maximum absolute atomic E-state index is 12.7. The van der Waals surface area contributed by atoms with E-state index in [1.54, 1.807) is 6.92 Å². The van der Waals surface area contributed by atoms with E-state index < -0.39 is 23.9 Å². The third-order valence-electron chi connectivity index (χ3n) is 3.40. The fourth-order valence-corrected chi connectivity index (χ4v) is 2.34. The molecule has 0 aromatic heterocycles. The van der Waals surface area contributed by atoms with E-state index in [0.717, 1.165) is 12.1 Å². The van der Waals surface area contributed by atoms with Gasteiger partial charge in [0.2, 0.25) is 0 Å². The molecule has 0 fully saturated rings. The van der Waals surface area contributed by atoms with Gasteiger partial charge >= 0.3 is 6.18 Å². The highest BCUT2D eigenvalue weighted by molar-refractivity contribution is 5.34. The van der Waals surface area contributed by atoms with Crippen LogP contribution < -0.4 is 0 Å². The number of rotatable bonds is 4. The van der Waals surface area contributed by atoms with Crippen molar-refractivity contribution in [2.45, 2.75) is 53.0 Å². The SMILES string of the molecule is CCOC(C(O)c1ccc(C(F)(F)F)cc1C)C(C)(C)C. The molecule has 2 atom stereocenters. The molecule has 0 aliphatic heterocycles. The van der Waals surface area contributed by atoms with Crippen molar-refractivity contribution in [3.05, 3.63) is 34.9 Å². The van der Waals surface area contributed by atoms with Gasteiger partial charge in [0.1, 0.15) is 6.10 Å². The summed E-state index contributed by atoms with van der Waals surface area (Å²) in [6.45, 7) is 9.60. The highest BCUT2D eigenvalue weighted by atomic mass is 19.4. The van der Waals surface area contributed by atoms with Gasteiger partial charge in [-0.25, -0.2) is 0 Å². The number of ether oxygens (including phenoxy) is 1. The summed E-state index contributed by atoms with van der Waals surface area (Å²) in [5.74, 6) is 0. The Labute approximate surface area is 123 Å². The molecule has 2 nitrogen and oxygen atoms in total. The Kier molecular flexibility index (Phi) is 5.45. The van der Waals surface area contributed by atoms with Crippen LogP contribution in [-0.4, -0.2) is 17.8 Å². The van der Waals surface area contributed by atoms with E-state index in [4.69, 9.17) is 4.74 Å². The molecule has 0 radical (unpaired) electrons. The Hall–Kier alpha value is -1.07. The molecule has 0 saturated heterocycles. The van der Waals surface area contributed by atoms with Gasteiger partial charge in [-0.2, -0.15) is 13.2 Å². The summed E-state index contributed by atoms with van der Waals surface area (Å²) in [6, 6.07) is 3.39. The molecular weight excluding hydrogens is 281 g/mol. The van der Waals surface area contributed by atoms with E-state index >= 15 is 0 Å². The van der Waals surface area contributed by atoms with E-state index in [1.807, 2.05) is 27.7 Å². The first-order valence-electron chi connectivity index (χ1n) is 6.96. The minimum Gasteiger partial charge on any atom is -0.386 e. The summed E-state index contributed by atoms with van der Waals surface area (Å²) in [5.41, 5.74) is -0.160. The topological polar surface area (TPSA) is 29.5 Å². The van der Waals surface area contributed by atoms with Crippen LogP contribution in [0.15, 0.2) is 18.2 Å². The average Bonchev–Trinajstić information content (AvgIpc) is 2.32. The number of aryl methyl sites for hydroxylation is 1. The third kappa shape index (κ3) is 4.45. The molecule has 120 valence electrons. The third-order valence-corrected chi connectivity index (χ3v) is 3.40. The van der Waals surface area contributed by atoms with Crippen molar-refractivity contribution >= 4 is 0 Å². The van der Waals surface area contributed by atoms with E-state index in [9.17, 15) is 18.3 Å². The molecule has 0 spiro atoms. The van der Waals surface area contributed by atoms with Crippen LogP contribution >= 0.6 is 0 Å². The molecule has 0 bridgehead atoms. The Morgan fingerprint density at radius 1 is 1.19 bits per heavy atom. The smallest absolute Gasteiger partial charge is 0.386 e. The van der Waals surface area contributed by atoms with E-state index in [2.05, 4.69) is 0 Å². The maximum Gasteiger partial charge on any atom is 0.416 e. The molecular formula is C16H23F3O2. The molecule has 5 heteroatoms. The molecule has 0 aliphatic rings. The number of hydrogen-bond acceptors (Lipinski definition) is 2. The van der Waals surface area contributed by atoms with Crippen LogP contribution in [0.25, 0.3) is 0 Å². The maximum atomic E-state index is 12.7. The minimum atomic E-state index is -4.38. The Morgan fingerprint density at radius 3 is 2.14 bits per heavy atom. The lowest BCUT2D eigenvalue weighted by Gasteiger charge is -2.35. The van der Waals surface area contributed by atoms with Crippen molar-refractivity contribution in [2.75, 3.05) is 6.61 Å². The molecule has 1 rings (SSSR count). The van der Waals surface area contributed by atoms with E-state index in [-0.39, 0.29) is 5.41 Å². The van der Waals surface area contributed by atoms with Gasteiger partial charge in [0.05, 0.1) is 11.7 Å². The van der Waals surface area contributed by atoms with Crippen LogP contribution in [0.3, 0.4) is 0 Å². The van der Waals surface area contributed by atoms with Gasteiger partial charge in [-0.3, -0.25) is 0 Å². The van der Waals surface area contributed by atoms with E-state index in [1.165, 1.54) is 6.07 Å². The first kappa shape index (κ1) is 18.0. The van der Waals surface area contributed by atoms with Crippen molar-refractivity contribution in [3.63, 3.8) is 0 Å². The number of aliphatic hydroxyl groups excluding tert-OH is 1. The second-order valence-electron chi connectivity index (χ2n) is 6.26. The van der Waals surface area contributed by atoms with Gasteiger partial charge in [0, 0.05) is 6.61 Å². The normalized spacial score (nSPS) is 15.9. The fraction of sp³-hybridized carbons (Fsp3) is 0.625. The Morgan fingerprint density at radius 2 is 1.76 bits per heavy atom. The summed E-state index contributed by atoms with van der Waals surface area (Å²) in [6.07, 6.45) is -5.83. The predicted octanol–water partition coefficient (Wildman–Crippen LogP) is 4.50. The monoisotopic (exact) mass is 304 g/mol. The van der Waals surface area contributed by atoms with Gasteiger partial charge < -0.3 is 9.84 Å². The standard InChI is InChI=1S/C16H23F3O2/c1-6-21-14(15(3,4)5)13(20)12-8-7-11(9-10(12)2)16(17,18)19/h7-9,13-14,20H,6H2,1-5H3. The lowest BCUT2D eigenvalue weighted by atomic mass is 9.82. The van der Waals surface area contributed by atoms with Gasteiger partial charge in [-0.05, 0) is 42.5 Å². The van der Waals surface area contributed by atoms with Gasteiger partial charge in [0.25, 0.3) is 0 Å². The van der Waals surface area contributed by atoms with Crippen molar-refractivity contribution in [3.8, 4) is 0 Å². The zero-order valence-corrected chi connectivity index (χ0v) is 13.1. The summed E-state index contributed by atoms with van der Waals surface area (Å²) in [5, 5.41) is 10.5. The first-order valence-corrected chi connectivity index (χ1v) is 6.96. The summed E-state index contributed by atoms with van der Waals surface area (Å²) >= 11 is 0. The van der Waals surface area contributed by atoms with Crippen molar-refractivity contribution in [1.82, 2.24) is 0 Å². The minimum absolute atomic E-state index is 0.329. The quantitative estimate of drug-likeness (QED) is 0.887. The number of alkyl halides is 3. The highest BCUT2D eigenvalue weighted by Gasteiger charge is 2.35. The van der Waals surface area contributed by atoms with Crippen LogP contribution in [0, 0.1) is 12.3 Å².